The standard InChI is InChI=1S/C16H12ClFO3/c1-20-13-6-5-10(17)8-11(13)15(19)14-7-9-3-2-4-12(18)16(9)21-14/h2-8,15,19H,1H3. The molecule has 2 aromatic carbocycles. The van der Waals surface area contributed by atoms with Gasteiger partial charge in [-0.2, -0.15) is 0 Å². The maximum atomic E-state index is 13.7. The van der Waals surface area contributed by atoms with E-state index in [0.717, 1.165) is 0 Å². The maximum absolute atomic E-state index is 13.7. The molecule has 0 aliphatic carbocycles. The molecule has 0 saturated heterocycles. The van der Waals surface area contributed by atoms with Crippen molar-refractivity contribution in [2.45, 2.75) is 6.10 Å². The molecule has 3 nitrogen and oxygen atoms in total. The van der Waals surface area contributed by atoms with Gasteiger partial charge in [-0.25, -0.2) is 4.39 Å². The number of ether oxygens (including phenoxy) is 1. The van der Waals surface area contributed by atoms with E-state index in [2.05, 4.69) is 0 Å². The number of halogens is 2. The lowest BCUT2D eigenvalue weighted by molar-refractivity contribution is 0.187. The van der Waals surface area contributed by atoms with Crippen molar-refractivity contribution in [1.29, 1.82) is 0 Å². The van der Waals surface area contributed by atoms with Gasteiger partial charge in [0.05, 0.1) is 7.11 Å². The highest BCUT2D eigenvalue weighted by molar-refractivity contribution is 6.30. The zero-order chi connectivity index (χ0) is 15.0. The van der Waals surface area contributed by atoms with Crippen molar-refractivity contribution >= 4 is 22.6 Å². The smallest absolute Gasteiger partial charge is 0.170 e. The summed E-state index contributed by atoms with van der Waals surface area (Å²) in [4.78, 5) is 0. The van der Waals surface area contributed by atoms with Gasteiger partial charge in [-0.15, -0.1) is 0 Å². The molecule has 21 heavy (non-hydrogen) atoms. The van der Waals surface area contributed by atoms with Crippen molar-refractivity contribution in [3.63, 3.8) is 0 Å². The van der Waals surface area contributed by atoms with E-state index in [1.807, 2.05) is 0 Å². The van der Waals surface area contributed by atoms with Gasteiger partial charge in [-0.05, 0) is 30.3 Å². The minimum Gasteiger partial charge on any atom is -0.496 e. The Morgan fingerprint density at radius 2 is 2.05 bits per heavy atom. The molecule has 1 N–H and O–H groups in total. The van der Waals surface area contributed by atoms with Gasteiger partial charge in [0.1, 0.15) is 17.6 Å². The molecule has 108 valence electrons. The van der Waals surface area contributed by atoms with Gasteiger partial charge >= 0.3 is 0 Å². The van der Waals surface area contributed by atoms with E-state index in [9.17, 15) is 9.50 Å². The minimum atomic E-state index is -1.09. The summed E-state index contributed by atoms with van der Waals surface area (Å²) in [6.45, 7) is 0. The minimum absolute atomic E-state index is 0.118. The van der Waals surface area contributed by atoms with Gasteiger partial charge in [-0.3, -0.25) is 0 Å². The molecule has 0 saturated carbocycles. The molecule has 0 spiro atoms. The van der Waals surface area contributed by atoms with Crippen molar-refractivity contribution in [2.24, 2.45) is 0 Å². The third-order valence-corrected chi connectivity index (χ3v) is 3.51. The molecule has 0 aliphatic rings. The second kappa shape index (κ2) is 5.39. The van der Waals surface area contributed by atoms with Gasteiger partial charge in [0.15, 0.2) is 11.4 Å². The van der Waals surface area contributed by atoms with E-state index >= 15 is 0 Å². The van der Waals surface area contributed by atoms with E-state index < -0.39 is 11.9 Å². The maximum Gasteiger partial charge on any atom is 0.170 e. The topological polar surface area (TPSA) is 42.6 Å². The summed E-state index contributed by atoms with van der Waals surface area (Å²) in [5, 5.41) is 11.5. The first-order chi connectivity index (χ1) is 10.1. The second-order valence-electron chi connectivity index (χ2n) is 4.60. The lowest BCUT2D eigenvalue weighted by Crippen LogP contribution is -2.01. The molecule has 3 aromatic rings. The average molecular weight is 307 g/mol. The fraction of sp³-hybridized carbons (Fsp3) is 0.125. The van der Waals surface area contributed by atoms with E-state index in [-0.39, 0.29) is 11.3 Å². The van der Waals surface area contributed by atoms with Crippen LogP contribution in [0.3, 0.4) is 0 Å². The van der Waals surface area contributed by atoms with Crippen molar-refractivity contribution < 1.29 is 18.7 Å². The van der Waals surface area contributed by atoms with Crippen LogP contribution in [-0.2, 0) is 0 Å². The Hall–Kier alpha value is -2.04. The summed E-state index contributed by atoms with van der Waals surface area (Å²) in [6.07, 6.45) is -1.09. The van der Waals surface area contributed by atoms with Crippen molar-refractivity contribution in [3.05, 3.63) is 64.6 Å². The van der Waals surface area contributed by atoms with Crippen molar-refractivity contribution in [3.8, 4) is 5.75 Å². The van der Waals surface area contributed by atoms with Gasteiger partial charge in [0, 0.05) is 16.0 Å². The molecule has 1 unspecified atom stereocenters. The van der Waals surface area contributed by atoms with Crippen LogP contribution in [0.2, 0.25) is 5.02 Å². The Labute approximate surface area is 125 Å². The molecule has 3 rings (SSSR count). The average Bonchev–Trinajstić information content (AvgIpc) is 2.92. The van der Waals surface area contributed by atoms with Crippen LogP contribution in [0.4, 0.5) is 4.39 Å². The van der Waals surface area contributed by atoms with Crippen LogP contribution in [0.25, 0.3) is 11.0 Å². The number of fused-ring (bicyclic) bond motifs is 1. The van der Waals surface area contributed by atoms with Gasteiger partial charge in [0.25, 0.3) is 0 Å². The molecule has 0 amide bonds. The van der Waals surface area contributed by atoms with E-state index in [0.29, 0.717) is 21.7 Å². The fourth-order valence-electron chi connectivity index (χ4n) is 2.25. The van der Waals surface area contributed by atoms with Crippen LogP contribution in [0.1, 0.15) is 17.4 Å². The number of hydrogen-bond acceptors (Lipinski definition) is 3. The molecule has 1 atom stereocenters. The Kier molecular flexibility index (Phi) is 3.57. The SMILES string of the molecule is COc1ccc(Cl)cc1C(O)c1cc2cccc(F)c2o1. The third kappa shape index (κ3) is 2.48. The Balaban J connectivity index is 2.10. The van der Waals surface area contributed by atoms with Gasteiger partial charge in [0.2, 0.25) is 0 Å². The fourth-order valence-corrected chi connectivity index (χ4v) is 2.43. The number of hydrogen-bond donors (Lipinski definition) is 1. The van der Waals surface area contributed by atoms with E-state index in [4.69, 9.17) is 20.8 Å². The molecule has 0 aliphatic heterocycles. The number of para-hydroxylation sites is 1. The molecular weight excluding hydrogens is 295 g/mol. The summed E-state index contributed by atoms with van der Waals surface area (Å²) in [7, 11) is 1.50. The largest absolute Gasteiger partial charge is 0.496 e. The molecule has 0 radical (unpaired) electrons. The van der Waals surface area contributed by atoms with Crippen molar-refractivity contribution in [2.75, 3.05) is 7.11 Å². The highest BCUT2D eigenvalue weighted by atomic mass is 35.5. The number of aliphatic hydroxyl groups excluding tert-OH is 1. The first-order valence-electron chi connectivity index (χ1n) is 6.29. The van der Waals surface area contributed by atoms with Gasteiger partial charge < -0.3 is 14.3 Å². The normalized spacial score (nSPS) is 12.6. The molecule has 1 aromatic heterocycles. The van der Waals surface area contributed by atoms with Crippen molar-refractivity contribution in [1.82, 2.24) is 0 Å². The molecular formula is C16H12ClFO3. The second-order valence-corrected chi connectivity index (χ2v) is 5.03. The number of furan rings is 1. The first-order valence-corrected chi connectivity index (χ1v) is 6.67. The number of benzene rings is 2. The van der Waals surface area contributed by atoms with E-state index in [1.165, 1.54) is 13.2 Å². The highest BCUT2D eigenvalue weighted by Crippen LogP contribution is 2.35. The predicted molar refractivity (Wildman–Crippen MR) is 78.2 cm³/mol. The zero-order valence-electron chi connectivity index (χ0n) is 11.1. The van der Waals surface area contributed by atoms with Gasteiger partial charge in [-0.1, -0.05) is 23.7 Å². The van der Waals surface area contributed by atoms with E-state index in [1.54, 1.807) is 36.4 Å². The summed E-state index contributed by atoms with van der Waals surface area (Å²) >= 11 is 5.95. The van der Waals surface area contributed by atoms with Crippen LogP contribution in [0, 0.1) is 5.82 Å². The summed E-state index contributed by atoms with van der Waals surface area (Å²) in [5.41, 5.74) is 0.581. The lowest BCUT2D eigenvalue weighted by atomic mass is 10.1. The highest BCUT2D eigenvalue weighted by Gasteiger charge is 2.20. The molecule has 1 heterocycles. The summed E-state index contributed by atoms with van der Waals surface area (Å²) < 4.78 is 24.3. The number of aliphatic hydroxyl groups is 1. The Morgan fingerprint density at radius 3 is 2.76 bits per heavy atom. The third-order valence-electron chi connectivity index (χ3n) is 3.27. The van der Waals surface area contributed by atoms with Crippen LogP contribution in [0.5, 0.6) is 5.75 Å². The predicted octanol–water partition coefficient (Wildman–Crippen LogP) is 4.32. The van der Waals surface area contributed by atoms with Crippen LogP contribution < -0.4 is 4.74 Å². The zero-order valence-corrected chi connectivity index (χ0v) is 11.9. The molecule has 0 bridgehead atoms. The monoisotopic (exact) mass is 306 g/mol. The summed E-state index contributed by atoms with van der Waals surface area (Å²) in [6, 6.07) is 11.1. The lowest BCUT2D eigenvalue weighted by Gasteiger charge is -2.13. The number of methoxy groups -OCH3 is 1. The van der Waals surface area contributed by atoms with Crippen LogP contribution >= 0.6 is 11.6 Å². The van der Waals surface area contributed by atoms with Crippen LogP contribution in [0.15, 0.2) is 46.9 Å². The Morgan fingerprint density at radius 1 is 1.24 bits per heavy atom. The number of rotatable bonds is 3. The summed E-state index contributed by atoms with van der Waals surface area (Å²) in [5.74, 6) is 0.243. The quantitative estimate of drug-likeness (QED) is 0.784. The molecule has 0 fully saturated rings. The molecule has 5 heteroatoms. The Bertz CT molecular complexity index is 797. The van der Waals surface area contributed by atoms with Crippen LogP contribution in [-0.4, -0.2) is 12.2 Å². The first kappa shape index (κ1) is 13.9.